The summed E-state index contributed by atoms with van der Waals surface area (Å²) in [5.41, 5.74) is 6.64. The number of hydrogen-bond acceptors (Lipinski definition) is 6. The number of rotatable bonds is 5. The van der Waals surface area contributed by atoms with Gasteiger partial charge in [-0.15, -0.1) is 11.3 Å². The van der Waals surface area contributed by atoms with Crippen molar-refractivity contribution < 1.29 is 4.74 Å². The number of thiazole rings is 1. The van der Waals surface area contributed by atoms with Crippen molar-refractivity contribution in [2.24, 2.45) is 5.10 Å². The van der Waals surface area contributed by atoms with Gasteiger partial charge in [0.2, 0.25) is 5.13 Å². The molecule has 0 N–H and O–H groups in total. The lowest BCUT2D eigenvalue weighted by atomic mass is 9.98. The van der Waals surface area contributed by atoms with Gasteiger partial charge in [-0.3, -0.25) is 0 Å². The van der Waals surface area contributed by atoms with Crippen LogP contribution in [0, 0.1) is 0 Å². The average Bonchev–Trinajstić information content (AvgIpc) is 3.58. The lowest BCUT2D eigenvalue weighted by Gasteiger charge is -2.28. The van der Waals surface area contributed by atoms with Crippen LogP contribution in [0.2, 0.25) is 5.02 Å². The highest BCUT2D eigenvalue weighted by Crippen LogP contribution is 2.40. The van der Waals surface area contributed by atoms with Crippen LogP contribution in [0.15, 0.2) is 87.8 Å². The van der Waals surface area contributed by atoms with E-state index in [-0.39, 0.29) is 6.04 Å². The molecule has 2 aliphatic heterocycles. The number of halogens is 2. The standard InChI is InChI=1S/C28H24BrClN4OS/c29-22-7-1-20(2-8-22)26-18-36-28(31-26)34-27(21-3-9-23(30)10-4-21)17-25(32-34)19-5-11-24(12-6-19)33-13-15-35-16-14-33/h1-12,18,27H,13-17H2. The smallest absolute Gasteiger partial charge is 0.207 e. The maximum atomic E-state index is 6.19. The monoisotopic (exact) mass is 578 g/mol. The van der Waals surface area contributed by atoms with Crippen molar-refractivity contribution in [2.75, 3.05) is 36.2 Å². The van der Waals surface area contributed by atoms with Gasteiger partial charge in [-0.2, -0.15) is 5.10 Å². The van der Waals surface area contributed by atoms with Crippen molar-refractivity contribution in [3.8, 4) is 11.3 Å². The Morgan fingerprint density at radius 1 is 0.889 bits per heavy atom. The molecule has 3 aromatic carbocycles. The van der Waals surface area contributed by atoms with Crippen molar-refractivity contribution in [3.63, 3.8) is 0 Å². The van der Waals surface area contributed by atoms with Gasteiger partial charge in [-0.1, -0.05) is 63.9 Å². The van der Waals surface area contributed by atoms with Crippen molar-refractivity contribution in [1.29, 1.82) is 0 Å². The Kier molecular flexibility index (Phi) is 6.80. The molecular formula is C28H24BrClN4OS. The van der Waals surface area contributed by atoms with Crippen LogP contribution in [-0.2, 0) is 4.74 Å². The molecule has 3 heterocycles. The SMILES string of the molecule is Clc1ccc(C2CC(c3ccc(N4CCOCC4)cc3)=NN2c2nc(-c3ccc(Br)cc3)cs2)cc1. The van der Waals surface area contributed by atoms with Gasteiger partial charge >= 0.3 is 0 Å². The Balaban J connectivity index is 1.31. The fourth-order valence-corrected chi connectivity index (χ4v) is 5.84. The normalized spacial score (nSPS) is 17.9. The summed E-state index contributed by atoms with van der Waals surface area (Å²) in [4.78, 5) is 7.33. The molecule has 0 aliphatic carbocycles. The number of morpholine rings is 1. The molecule has 0 radical (unpaired) electrons. The largest absolute Gasteiger partial charge is 0.378 e. The van der Waals surface area contributed by atoms with E-state index in [1.165, 1.54) is 11.3 Å². The van der Waals surface area contributed by atoms with Crippen LogP contribution in [0.4, 0.5) is 10.8 Å². The zero-order valence-corrected chi connectivity index (χ0v) is 22.6. The second kappa shape index (κ2) is 10.3. The fourth-order valence-electron chi connectivity index (χ4n) is 4.61. The Labute approximate surface area is 228 Å². The Bertz CT molecular complexity index is 1370. The quantitative estimate of drug-likeness (QED) is 0.247. The minimum Gasteiger partial charge on any atom is -0.378 e. The van der Waals surface area contributed by atoms with Crippen LogP contribution >= 0.6 is 38.9 Å². The molecule has 36 heavy (non-hydrogen) atoms. The molecule has 6 rings (SSSR count). The zero-order valence-electron chi connectivity index (χ0n) is 19.5. The van der Waals surface area contributed by atoms with Gasteiger partial charge in [-0.25, -0.2) is 9.99 Å². The van der Waals surface area contributed by atoms with E-state index in [0.29, 0.717) is 0 Å². The maximum Gasteiger partial charge on any atom is 0.207 e. The van der Waals surface area contributed by atoms with Crippen molar-refractivity contribution >= 4 is 55.4 Å². The number of anilines is 2. The third kappa shape index (κ3) is 4.93. The van der Waals surface area contributed by atoms with Crippen LogP contribution in [0.5, 0.6) is 0 Å². The van der Waals surface area contributed by atoms with E-state index < -0.39 is 0 Å². The third-order valence-corrected chi connectivity index (χ3v) is 8.18. The molecular weight excluding hydrogens is 556 g/mol. The highest BCUT2D eigenvalue weighted by molar-refractivity contribution is 9.10. The van der Waals surface area contributed by atoms with Crippen LogP contribution in [0.1, 0.15) is 23.6 Å². The van der Waals surface area contributed by atoms with Crippen LogP contribution in [0.25, 0.3) is 11.3 Å². The van der Waals surface area contributed by atoms with Gasteiger partial charge in [0, 0.05) is 45.6 Å². The molecule has 1 unspecified atom stereocenters. The van der Waals surface area contributed by atoms with Gasteiger partial charge < -0.3 is 9.64 Å². The van der Waals surface area contributed by atoms with E-state index in [9.17, 15) is 0 Å². The average molecular weight is 580 g/mol. The van der Waals surface area contributed by atoms with E-state index in [1.54, 1.807) is 11.3 Å². The molecule has 0 saturated carbocycles. The number of benzene rings is 3. The summed E-state index contributed by atoms with van der Waals surface area (Å²) in [6.07, 6.45) is 0.797. The van der Waals surface area contributed by atoms with Gasteiger partial charge in [0.25, 0.3) is 0 Å². The van der Waals surface area contributed by atoms with Crippen molar-refractivity contribution in [1.82, 2.24) is 4.98 Å². The highest BCUT2D eigenvalue weighted by atomic mass is 79.9. The molecule has 1 aromatic heterocycles. The van der Waals surface area contributed by atoms with Crippen LogP contribution in [-0.4, -0.2) is 37.0 Å². The first-order valence-corrected chi connectivity index (χ1v) is 14.0. The lowest BCUT2D eigenvalue weighted by molar-refractivity contribution is 0.122. The summed E-state index contributed by atoms with van der Waals surface area (Å²) in [6.45, 7) is 3.42. The molecule has 5 nitrogen and oxygen atoms in total. The van der Waals surface area contributed by atoms with Gasteiger partial charge in [-0.05, 0) is 47.5 Å². The minimum absolute atomic E-state index is 0.0557. The Hall–Kier alpha value is -2.71. The summed E-state index contributed by atoms with van der Waals surface area (Å²) in [6, 6.07) is 25.1. The molecule has 2 aliphatic rings. The minimum atomic E-state index is 0.0557. The summed E-state index contributed by atoms with van der Waals surface area (Å²) in [7, 11) is 0. The number of ether oxygens (including phenoxy) is 1. The molecule has 182 valence electrons. The highest BCUT2D eigenvalue weighted by Gasteiger charge is 2.32. The fraction of sp³-hybridized carbons (Fsp3) is 0.214. The molecule has 0 amide bonds. The third-order valence-electron chi connectivity index (χ3n) is 6.57. The topological polar surface area (TPSA) is 41.0 Å². The first-order valence-electron chi connectivity index (χ1n) is 11.9. The van der Waals surface area contributed by atoms with E-state index >= 15 is 0 Å². The lowest BCUT2D eigenvalue weighted by Crippen LogP contribution is -2.36. The summed E-state index contributed by atoms with van der Waals surface area (Å²) in [5.74, 6) is 0. The van der Waals surface area contributed by atoms with E-state index in [0.717, 1.165) is 69.9 Å². The molecule has 0 spiro atoms. The second-order valence-electron chi connectivity index (χ2n) is 8.83. The predicted molar refractivity (Wildman–Crippen MR) is 153 cm³/mol. The van der Waals surface area contributed by atoms with Gasteiger partial charge in [0.1, 0.15) is 0 Å². The number of hydrazone groups is 1. The van der Waals surface area contributed by atoms with E-state index in [2.05, 4.69) is 79.7 Å². The molecule has 1 atom stereocenters. The zero-order chi connectivity index (χ0) is 24.5. The first kappa shape index (κ1) is 23.7. The molecule has 1 saturated heterocycles. The summed E-state index contributed by atoms with van der Waals surface area (Å²) >= 11 is 11.3. The van der Waals surface area contributed by atoms with Gasteiger partial charge in [0.05, 0.1) is 30.7 Å². The maximum absolute atomic E-state index is 6.19. The number of nitrogens with zero attached hydrogens (tertiary/aromatic N) is 4. The Morgan fingerprint density at radius 2 is 1.58 bits per heavy atom. The Morgan fingerprint density at radius 3 is 2.31 bits per heavy atom. The summed E-state index contributed by atoms with van der Waals surface area (Å²) < 4.78 is 6.55. The first-order chi connectivity index (χ1) is 17.6. The molecule has 1 fully saturated rings. The molecule has 4 aromatic rings. The van der Waals surface area contributed by atoms with E-state index in [1.807, 2.05) is 24.3 Å². The molecule has 8 heteroatoms. The predicted octanol–water partition coefficient (Wildman–Crippen LogP) is 7.42. The number of hydrogen-bond donors (Lipinski definition) is 0. The van der Waals surface area contributed by atoms with Crippen LogP contribution < -0.4 is 9.91 Å². The summed E-state index contributed by atoms with van der Waals surface area (Å²) in [5, 5.41) is 10.9. The van der Waals surface area contributed by atoms with Crippen molar-refractivity contribution in [2.45, 2.75) is 12.5 Å². The van der Waals surface area contributed by atoms with Crippen molar-refractivity contribution in [3.05, 3.63) is 98.8 Å². The number of aromatic nitrogens is 1. The van der Waals surface area contributed by atoms with Crippen LogP contribution in [0.3, 0.4) is 0 Å². The van der Waals surface area contributed by atoms with Gasteiger partial charge in [0.15, 0.2) is 0 Å². The second-order valence-corrected chi connectivity index (χ2v) is 11.0. The van der Waals surface area contributed by atoms with E-state index in [4.69, 9.17) is 26.4 Å². The molecule has 0 bridgehead atoms.